The Kier molecular flexibility index (Phi) is 6.00. The van der Waals surface area contributed by atoms with Crippen molar-refractivity contribution in [2.24, 2.45) is 0 Å². The van der Waals surface area contributed by atoms with Gasteiger partial charge >= 0.3 is 5.97 Å². The van der Waals surface area contributed by atoms with Crippen molar-refractivity contribution in [3.05, 3.63) is 68.8 Å². The summed E-state index contributed by atoms with van der Waals surface area (Å²) in [7, 11) is 1.22. The van der Waals surface area contributed by atoms with Gasteiger partial charge in [0.1, 0.15) is 16.7 Å². The van der Waals surface area contributed by atoms with Crippen molar-refractivity contribution >= 4 is 50.6 Å². The molecule has 0 bridgehead atoms. The monoisotopic (exact) mass is 474 g/mol. The van der Waals surface area contributed by atoms with Gasteiger partial charge in [-0.05, 0) is 49.4 Å². The molecule has 0 aliphatic carbocycles. The largest absolute Gasteiger partial charge is 0.504 e. The molecule has 0 amide bonds. The van der Waals surface area contributed by atoms with Crippen LogP contribution in [0.2, 0.25) is 9.36 Å². The molecule has 2 heterocycles. The first-order valence-electron chi connectivity index (χ1n) is 9.13. The SMILES string of the molecule is COC(=O)c1nc(-c2ccc(OCc3c(Cl)sc4ccc(Cl)cc34)cc2)nc(C)c1O. The van der Waals surface area contributed by atoms with E-state index in [1.54, 1.807) is 31.2 Å². The van der Waals surface area contributed by atoms with Gasteiger partial charge in [0.15, 0.2) is 17.3 Å². The van der Waals surface area contributed by atoms with E-state index in [-0.39, 0.29) is 17.1 Å². The van der Waals surface area contributed by atoms with Crippen LogP contribution in [0.1, 0.15) is 21.7 Å². The standard InChI is InChI=1S/C22H16Cl2N2O4S/c1-11-19(27)18(22(28)29-2)26-21(25-11)12-3-6-14(7-4-12)30-10-16-15-9-13(23)5-8-17(15)31-20(16)24/h3-9,27H,10H2,1-2H3. The zero-order valence-electron chi connectivity index (χ0n) is 16.5. The summed E-state index contributed by atoms with van der Waals surface area (Å²) in [4.78, 5) is 20.2. The zero-order valence-corrected chi connectivity index (χ0v) is 18.8. The molecule has 2 aromatic carbocycles. The highest BCUT2D eigenvalue weighted by atomic mass is 35.5. The van der Waals surface area contributed by atoms with E-state index in [1.807, 2.05) is 18.2 Å². The van der Waals surface area contributed by atoms with Gasteiger partial charge in [-0.15, -0.1) is 11.3 Å². The maximum absolute atomic E-state index is 11.9. The number of aryl methyl sites for hydroxylation is 1. The molecular weight excluding hydrogens is 459 g/mol. The number of halogens is 2. The molecule has 158 valence electrons. The molecule has 31 heavy (non-hydrogen) atoms. The number of ether oxygens (including phenoxy) is 2. The smallest absolute Gasteiger partial charge is 0.360 e. The van der Waals surface area contributed by atoms with E-state index >= 15 is 0 Å². The fraction of sp³-hybridized carbons (Fsp3) is 0.136. The molecule has 0 spiro atoms. The van der Waals surface area contributed by atoms with Crippen LogP contribution in [0.5, 0.6) is 11.5 Å². The van der Waals surface area contributed by atoms with Crippen LogP contribution in [0.3, 0.4) is 0 Å². The molecule has 0 saturated carbocycles. The zero-order chi connectivity index (χ0) is 22.1. The molecule has 0 aliphatic rings. The molecule has 0 unspecified atom stereocenters. The third-order valence-corrected chi connectivity index (χ3v) is 6.33. The molecule has 4 aromatic rings. The number of nitrogens with zero attached hydrogens (tertiary/aromatic N) is 2. The van der Waals surface area contributed by atoms with Gasteiger partial charge in [0.2, 0.25) is 0 Å². The van der Waals surface area contributed by atoms with Gasteiger partial charge in [-0.3, -0.25) is 0 Å². The van der Waals surface area contributed by atoms with E-state index < -0.39 is 5.97 Å². The molecule has 0 radical (unpaired) electrons. The van der Waals surface area contributed by atoms with Crippen LogP contribution >= 0.6 is 34.5 Å². The molecule has 6 nitrogen and oxygen atoms in total. The van der Waals surface area contributed by atoms with E-state index in [4.69, 9.17) is 27.9 Å². The van der Waals surface area contributed by atoms with Gasteiger partial charge in [0.25, 0.3) is 0 Å². The van der Waals surface area contributed by atoms with E-state index in [1.165, 1.54) is 18.4 Å². The quantitative estimate of drug-likeness (QED) is 0.354. The van der Waals surface area contributed by atoms with Crippen LogP contribution in [0.4, 0.5) is 0 Å². The predicted molar refractivity (Wildman–Crippen MR) is 121 cm³/mol. The lowest BCUT2D eigenvalue weighted by Gasteiger charge is -2.09. The summed E-state index contributed by atoms with van der Waals surface area (Å²) in [5.74, 6) is -0.103. The molecule has 2 aromatic heterocycles. The predicted octanol–water partition coefficient (Wildman–Crippen LogP) is 6.04. The van der Waals surface area contributed by atoms with Crippen molar-refractivity contribution in [1.82, 2.24) is 9.97 Å². The second-order valence-corrected chi connectivity index (χ2v) is 8.72. The molecule has 4 rings (SSSR count). The lowest BCUT2D eigenvalue weighted by atomic mass is 10.1. The summed E-state index contributed by atoms with van der Waals surface area (Å²) in [6.45, 7) is 1.88. The number of aromatic nitrogens is 2. The molecule has 0 fully saturated rings. The lowest BCUT2D eigenvalue weighted by Crippen LogP contribution is -2.08. The van der Waals surface area contributed by atoms with Crippen LogP contribution in [0.15, 0.2) is 42.5 Å². The summed E-state index contributed by atoms with van der Waals surface area (Å²) in [5.41, 5.74) is 1.64. The summed E-state index contributed by atoms with van der Waals surface area (Å²) in [5, 5.41) is 11.6. The minimum atomic E-state index is -0.732. The second-order valence-electron chi connectivity index (χ2n) is 6.63. The van der Waals surface area contributed by atoms with E-state index in [2.05, 4.69) is 14.7 Å². The molecule has 9 heteroatoms. The Morgan fingerprint density at radius 3 is 2.58 bits per heavy atom. The summed E-state index contributed by atoms with van der Waals surface area (Å²) >= 11 is 14.0. The summed E-state index contributed by atoms with van der Waals surface area (Å²) in [6, 6.07) is 12.7. The highest BCUT2D eigenvalue weighted by Crippen LogP contribution is 2.37. The third-order valence-electron chi connectivity index (χ3n) is 4.64. The van der Waals surface area contributed by atoms with Crippen molar-refractivity contribution in [2.75, 3.05) is 7.11 Å². The van der Waals surface area contributed by atoms with Crippen LogP contribution in [-0.2, 0) is 11.3 Å². The number of hydrogen-bond donors (Lipinski definition) is 1. The lowest BCUT2D eigenvalue weighted by molar-refractivity contribution is 0.0590. The Morgan fingerprint density at radius 2 is 1.87 bits per heavy atom. The Labute approximate surface area is 192 Å². The maximum atomic E-state index is 11.9. The van der Waals surface area contributed by atoms with Gasteiger partial charge in [-0.2, -0.15) is 0 Å². The minimum absolute atomic E-state index is 0.178. The van der Waals surface area contributed by atoms with Gasteiger partial charge in [-0.25, -0.2) is 14.8 Å². The minimum Gasteiger partial charge on any atom is -0.504 e. The number of hydrogen-bond acceptors (Lipinski definition) is 7. The van der Waals surface area contributed by atoms with Crippen molar-refractivity contribution in [3.63, 3.8) is 0 Å². The number of carbonyl (C=O) groups is 1. The van der Waals surface area contributed by atoms with E-state index in [0.29, 0.717) is 33.1 Å². The van der Waals surface area contributed by atoms with E-state index in [0.717, 1.165) is 15.6 Å². The third kappa shape index (κ3) is 4.30. The van der Waals surface area contributed by atoms with Crippen molar-refractivity contribution in [1.29, 1.82) is 0 Å². The molecular formula is C22H16Cl2N2O4S. The Hall–Kier alpha value is -2.87. The average Bonchev–Trinajstić information content (AvgIpc) is 3.08. The van der Waals surface area contributed by atoms with Crippen LogP contribution in [-0.4, -0.2) is 28.2 Å². The first kappa shape index (κ1) is 21.4. The van der Waals surface area contributed by atoms with Crippen molar-refractivity contribution in [2.45, 2.75) is 13.5 Å². The van der Waals surface area contributed by atoms with Gasteiger partial charge < -0.3 is 14.6 Å². The fourth-order valence-electron chi connectivity index (χ4n) is 3.02. The first-order chi connectivity index (χ1) is 14.9. The highest BCUT2D eigenvalue weighted by Gasteiger charge is 2.19. The second kappa shape index (κ2) is 8.70. The summed E-state index contributed by atoms with van der Waals surface area (Å²) in [6.07, 6.45) is 0. The first-order valence-corrected chi connectivity index (χ1v) is 10.7. The van der Waals surface area contributed by atoms with Crippen LogP contribution in [0.25, 0.3) is 21.5 Å². The van der Waals surface area contributed by atoms with Gasteiger partial charge in [0.05, 0.1) is 12.8 Å². The number of carbonyl (C=O) groups excluding carboxylic acids is 1. The van der Waals surface area contributed by atoms with Crippen molar-refractivity contribution in [3.8, 4) is 22.9 Å². The number of methoxy groups -OCH3 is 1. The fourth-order valence-corrected chi connectivity index (χ4v) is 4.51. The molecule has 1 N–H and O–H groups in total. The number of thiophene rings is 1. The molecule has 0 aliphatic heterocycles. The van der Waals surface area contributed by atoms with Gasteiger partial charge in [-0.1, -0.05) is 23.2 Å². The number of esters is 1. The normalized spacial score (nSPS) is 11.0. The highest BCUT2D eigenvalue weighted by molar-refractivity contribution is 7.22. The Morgan fingerprint density at radius 1 is 1.13 bits per heavy atom. The van der Waals surface area contributed by atoms with Crippen LogP contribution in [0, 0.1) is 6.92 Å². The number of rotatable bonds is 5. The molecule has 0 atom stereocenters. The average molecular weight is 475 g/mol. The number of fused-ring (bicyclic) bond motifs is 1. The Bertz CT molecular complexity index is 1290. The van der Waals surface area contributed by atoms with Crippen molar-refractivity contribution < 1.29 is 19.4 Å². The maximum Gasteiger partial charge on any atom is 0.360 e. The number of benzene rings is 2. The molecule has 0 saturated heterocycles. The van der Waals surface area contributed by atoms with Gasteiger partial charge in [0, 0.05) is 26.2 Å². The van der Waals surface area contributed by atoms with Crippen LogP contribution < -0.4 is 4.74 Å². The Balaban J connectivity index is 1.56. The topological polar surface area (TPSA) is 81.5 Å². The van der Waals surface area contributed by atoms with E-state index in [9.17, 15) is 9.90 Å². The summed E-state index contributed by atoms with van der Waals surface area (Å²) < 4.78 is 12.3. The number of aromatic hydroxyl groups is 1.